The molecule has 28 heavy (non-hydrogen) atoms. The molecule has 0 aliphatic heterocycles. The van der Waals surface area contributed by atoms with E-state index in [1.54, 1.807) is 31.2 Å². The molecular weight excluding hydrogens is 385 g/mol. The molecule has 0 radical (unpaired) electrons. The van der Waals surface area contributed by atoms with Gasteiger partial charge in [0.25, 0.3) is 11.5 Å². The van der Waals surface area contributed by atoms with Crippen molar-refractivity contribution >= 4 is 17.5 Å². The van der Waals surface area contributed by atoms with Gasteiger partial charge in [-0.15, -0.1) is 0 Å². The fourth-order valence-corrected chi connectivity index (χ4v) is 2.67. The van der Waals surface area contributed by atoms with E-state index in [0.29, 0.717) is 16.3 Å². The molecule has 1 aromatic heterocycles. The smallest absolute Gasteiger partial charge is 0.284 e. The van der Waals surface area contributed by atoms with Gasteiger partial charge < -0.3 is 10.4 Å². The van der Waals surface area contributed by atoms with Gasteiger partial charge in [-0.2, -0.15) is 9.78 Å². The van der Waals surface area contributed by atoms with Crippen LogP contribution in [-0.2, 0) is 0 Å². The number of carbonyl (C=O) groups excluding carboxylic acids is 1. The molecule has 3 rings (SSSR count). The van der Waals surface area contributed by atoms with Crippen LogP contribution in [0.4, 0.5) is 4.39 Å². The van der Waals surface area contributed by atoms with Crippen molar-refractivity contribution in [3.63, 3.8) is 0 Å². The molecule has 0 aliphatic rings. The molecule has 2 N–H and O–H groups in total. The molecule has 1 atom stereocenters. The predicted octanol–water partition coefficient (Wildman–Crippen LogP) is 2.80. The first-order chi connectivity index (χ1) is 13.4. The third-order valence-corrected chi connectivity index (χ3v) is 4.25. The second-order valence-corrected chi connectivity index (χ2v) is 6.64. The monoisotopic (exact) mass is 401 g/mol. The Morgan fingerprint density at radius 1 is 1.25 bits per heavy atom. The lowest BCUT2D eigenvalue weighted by molar-refractivity contribution is 0.0920. The fourth-order valence-electron chi connectivity index (χ4n) is 2.55. The molecular formula is C20H17ClFN3O3. The van der Waals surface area contributed by atoms with Crippen LogP contribution in [0.2, 0.25) is 5.02 Å². The average molecular weight is 402 g/mol. The molecule has 6 nitrogen and oxygen atoms in total. The number of hydrogen-bond donors (Lipinski definition) is 2. The van der Waals surface area contributed by atoms with Crippen molar-refractivity contribution in [2.45, 2.75) is 13.0 Å². The van der Waals surface area contributed by atoms with Crippen LogP contribution < -0.4 is 10.9 Å². The van der Waals surface area contributed by atoms with Gasteiger partial charge in [0.05, 0.1) is 18.0 Å². The van der Waals surface area contributed by atoms with Crippen molar-refractivity contribution in [3.8, 4) is 16.9 Å². The summed E-state index contributed by atoms with van der Waals surface area (Å²) in [5.74, 6) is -1.20. The van der Waals surface area contributed by atoms with Crippen molar-refractivity contribution in [1.82, 2.24) is 15.1 Å². The zero-order chi connectivity index (χ0) is 20.3. The molecule has 1 heterocycles. The van der Waals surface area contributed by atoms with Gasteiger partial charge in [-0.3, -0.25) is 9.59 Å². The summed E-state index contributed by atoms with van der Waals surface area (Å²) in [7, 11) is 0. The summed E-state index contributed by atoms with van der Waals surface area (Å²) < 4.78 is 14.6. The molecule has 1 amide bonds. The quantitative estimate of drug-likeness (QED) is 0.688. The SMILES string of the molecule is CC(CO)NC(=O)c1cc(-c2ccc(Cl)cc2)nn(-c2cccc(F)c2)c1=O. The topological polar surface area (TPSA) is 84.2 Å². The number of aliphatic hydroxyl groups is 1. The Balaban J connectivity index is 2.19. The van der Waals surface area contributed by atoms with Crippen molar-refractivity contribution < 1.29 is 14.3 Å². The van der Waals surface area contributed by atoms with E-state index in [1.807, 2.05) is 0 Å². The molecule has 2 aromatic carbocycles. The van der Waals surface area contributed by atoms with Crippen molar-refractivity contribution in [2.75, 3.05) is 6.61 Å². The zero-order valence-corrected chi connectivity index (χ0v) is 15.7. The lowest BCUT2D eigenvalue weighted by Crippen LogP contribution is -2.39. The maximum absolute atomic E-state index is 13.7. The Morgan fingerprint density at radius 3 is 2.61 bits per heavy atom. The number of rotatable bonds is 5. The minimum Gasteiger partial charge on any atom is -0.394 e. The van der Waals surface area contributed by atoms with E-state index in [1.165, 1.54) is 24.3 Å². The molecule has 0 saturated carbocycles. The minimum absolute atomic E-state index is 0.176. The Kier molecular flexibility index (Phi) is 5.87. The molecule has 3 aromatic rings. The Morgan fingerprint density at radius 2 is 1.96 bits per heavy atom. The number of benzene rings is 2. The summed E-state index contributed by atoms with van der Waals surface area (Å²) >= 11 is 5.92. The Labute approximate surface area is 165 Å². The normalized spacial score (nSPS) is 11.9. The zero-order valence-electron chi connectivity index (χ0n) is 14.9. The van der Waals surface area contributed by atoms with Gasteiger partial charge in [0, 0.05) is 16.6 Å². The number of aliphatic hydroxyl groups excluding tert-OH is 1. The molecule has 1 unspecified atom stereocenters. The highest BCUT2D eigenvalue weighted by molar-refractivity contribution is 6.30. The maximum atomic E-state index is 13.7. The Hall–Kier alpha value is -3.03. The fraction of sp³-hybridized carbons (Fsp3) is 0.150. The van der Waals surface area contributed by atoms with E-state index in [9.17, 15) is 14.0 Å². The first-order valence-electron chi connectivity index (χ1n) is 8.47. The molecule has 144 valence electrons. The van der Waals surface area contributed by atoms with Crippen LogP contribution in [0.3, 0.4) is 0 Å². The number of carbonyl (C=O) groups is 1. The number of halogens is 2. The lowest BCUT2D eigenvalue weighted by Gasteiger charge is -2.13. The first kappa shape index (κ1) is 19.7. The highest BCUT2D eigenvalue weighted by Crippen LogP contribution is 2.20. The second-order valence-electron chi connectivity index (χ2n) is 6.20. The minimum atomic E-state index is -0.703. The van der Waals surface area contributed by atoms with E-state index in [2.05, 4.69) is 10.4 Å². The summed E-state index contributed by atoms with van der Waals surface area (Å²) in [5.41, 5.74) is 0.265. The van der Waals surface area contributed by atoms with Gasteiger partial charge in [-0.1, -0.05) is 29.8 Å². The van der Waals surface area contributed by atoms with Crippen LogP contribution in [0.1, 0.15) is 17.3 Å². The predicted molar refractivity (Wildman–Crippen MR) is 104 cm³/mol. The van der Waals surface area contributed by atoms with E-state index in [4.69, 9.17) is 16.7 Å². The Bertz CT molecular complexity index is 1070. The molecule has 0 bridgehead atoms. The van der Waals surface area contributed by atoms with Gasteiger partial charge in [0.15, 0.2) is 0 Å². The highest BCUT2D eigenvalue weighted by Gasteiger charge is 2.19. The summed E-state index contributed by atoms with van der Waals surface area (Å²) in [4.78, 5) is 25.4. The van der Waals surface area contributed by atoms with E-state index < -0.39 is 23.3 Å². The van der Waals surface area contributed by atoms with Crippen molar-refractivity contribution in [1.29, 1.82) is 0 Å². The molecule has 0 saturated heterocycles. The third kappa shape index (κ3) is 4.27. The van der Waals surface area contributed by atoms with Crippen LogP contribution in [0.25, 0.3) is 16.9 Å². The van der Waals surface area contributed by atoms with Crippen LogP contribution in [-0.4, -0.2) is 33.4 Å². The summed E-state index contributed by atoms with van der Waals surface area (Å²) in [6, 6.07) is 12.9. The standard InChI is InChI=1S/C20H17ClFN3O3/c1-12(11-26)23-19(27)17-10-18(13-5-7-14(21)8-6-13)24-25(20(17)28)16-4-2-3-15(22)9-16/h2-10,12,26H,11H2,1H3,(H,23,27). The van der Waals surface area contributed by atoms with Crippen molar-refractivity contribution in [2.24, 2.45) is 0 Å². The van der Waals surface area contributed by atoms with Crippen LogP contribution in [0, 0.1) is 5.82 Å². The largest absolute Gasteiger partial charge is 0.394 e. The van der Waals surface area contributed by atoms with Gasteiger partial charge in [-0.25, -0.2) is 4.39 Å². The summed E-state index contributed by atoms with van der Waals surface area (Å²) in [6.45, 7) is 1.32. The molecule has 8 heteroatoms. The maximum Gasteiger partial charge on any atom is 0.284 e. The van der Waals surface area contributed by atoms with Gasteiger partial charge >= 0.3 is 0 Å². The molecule has 0 spiro atoms. The van der Waals surface area contributed by atoms with E-state index in [0.717, 1.165) is 10.7 Å². The number of nitrogens with zero attached hydrogens (tertiary/aromatic N) is 2. The summed E-state index contributed by atoms with van der Waals surface area (Å²) in [6.07, 6.45) is 0. The number of nitrogens with one attached hydrogen (secondary N) is 1. The number of hydrogen-bond acceptors (Lipinski definition) is 4. The van der Waals surface area contributed by atoms with E-state index in [-0.39, 0.29) is 17.9 Å². The highest BCUT2D eigenvalue weighted by atomic mass is 35.5. The van der Waals surface area contributed by atoms with Crippen LogP contribution in [0.5, 0.6) is 0 Å². The van der Waals surface area contributed by atoms with Crippen LogP contribution >= 0.6 is 11.6 Å². The average Bonchev–Trinajstić information content (AvgIpc) is 2.68. The number of aromatic nitrogens is 2. The molecule has 0 fully saturated rings. The van der Waals surface area contributed by atoms with Gasteiger partial charge in [-0.05, 0) is 43.3 Å². The third-order valence-electron chi connectivity index (χ3n) is 4.00. The van der Waals surface area contributed by atoms with Crippen molar-refractivity contribution in [3.05, 3.63) is 81.4 Å². The lowest BCUT2D eigenvalue weighted by atomic mass is 10.1. The van der Waals surface area contributed by atoms with Gasteiger partial charge in [0.2, 0.25) is 0 Å². The van der Waals surface area contributed by atoms with Gasteiger partial charge in [0.1, 0.15) is 11.4 Å². The first-order valence-corrected chi connectivity index (χ1v) is 8.85. The summed E-state index contributed by atoms with van der Waals surface area (Å²) in [5, 5.41) is 16.5. The van der Waals surface area contributed by atoms with Crippen LogP contribution in [0.15, 0.2) is 59.4 Å². The van der Waals surface area contributed by atoms with E-state index >= 15 is 0 Å². The molecule has 0 aliphatic carbocycles. The number of amides is 1. The second kappa shape index (κ2) is 8.33.